The number of thiazole rings is 1. The summed E-state index contributed by atoms with van der Waals surface area (Å²) in [5, 5.41) is 19.0. The van der Waals surface area contributed by atoms with Crippen molar-refractivity contribution in [2.75, 3.05) is 11.9 Å². The molecular weight excluding hydrogens is 436 g/mol. The van der Waals surface area contributed by atoms with Crippen molar-refractivity contribution in [2.24, 2.45) is 7.05 Å². The first-order valence-electron chi connectivity index (χ1n) is 9.84. The Hall–Kier alpha value is -3.69. The number of nitriles is 1. The van der Waals surface area contributed by atoms with Gasteiger partial charge in [0.05, 0.1) is 10.7 Å². The zero-order chi connectivity index (χ0) is 22.4. The van der Waals surface area contributed by atoms with Crippen molar-refractivity contribution < 1.29 is 9.36 Å². The van der Waals surface area contributed by atoms with Gasteiger partial charge in [0.15, 0.2) is 5.78 Å². The predicted molar refractivity (Wildman–Crippen MR) is 129 cm³/mol. The Bertz CT molecular complexity index is 1510. The number of Topliss-reactive ketones (excluding diaryl/α,β-unsaturated/α-hetero) is 1. The summed E-state index contributed by atoms with van der Waals surface area (Å²) < 4.78 is 3.15. The maximum Gasteiger partial charge on any atom is 0.263 e. The Morgan fingerprint density at radius 2 is 1.91 bits per heavy atom. The maximum absolute atomic E-state index is 13.2. The third kappa shape index (κ3) is 3.05. The van der Waals surface area contributed by atoms with Crippen molar-refractivity contribution in [1.29, 1.82) is 10.7 Å². The molecule has 0 saturated carbocycles. The molecule has 1 aliphatic heterocycles. The number of rotatable bonds is 3. The molecule has 5 rings (SSSR count). The summed E-state index contributed by atoms with van der Waals surface area (Å²) in [6.07, 6.45) is 3.64. The van der Waals surface area contributed by atoms with Crippen LogP contribution in [0.3, 0.4) is 0 Å². The lowest BCUT2D eigenvalue weighted by Crippen LogP contribution is -2.30. The first kappa shape index (κ1) is 20.2. The van der Waals surface area contributed by atoms with Crippen molar-refractivity contribution in [3.8, 4) is 6.07 Å². The summed E-state index contributed by atoms with van der Waals surface area (Å²) in [4.78, 5) is 16.3. The van der Waals surface area contributed by atoms with Gasteiger partial charge in [0.25, 0.3) is 5.01 Å². The maximum atomic E-state index is 13.2. The normalized spacial score (nSPS) is 17.5. The van der Waals surface area contributed by atoms with E-state index in [0.717, 1.165) is 30.8 Å². The second-order valence-electron chi connectivity index (χ2n) is 7.37. The molecule has 1 aliphatic carbocycles. The lowest BCUT2D eigenvalue weighted by Gasteiger charge is -2.23. The number of nitrogens with zero attached hydrogens (tertiary/aromatic N) is 3. The van der Waals surface area contributed by atoms with Gasteiger partial charge in [0.1, 0.15) is 23.4 Å². The van der Waals surface area contributed by atoms with E-state index >= 15 is 0 Å². The van der Waals surface area contributed by atoms with Gasteiger partial charge in [-0.1, -0.05) is 47.4 Å². The first-order valence-corrected chi connectivity index (χ1v) is 11.5. The molecule has 0 saturated heterocycles. The lowest BCUT2D eigenvalue weighted by atomic mass is 9.77. The predicted octanol–water partition coefficient (Wildman–Crippen LogP) is 4.77. The molecule has 32 heavy (non-hydrogen) atoms. The van der Waals surface area contributed by atoms with Gasteiger partial charge in [-0.15, -0.1) is 0 Å². The molecule has 7 heteroatoms. The Morgan fingerprint density at radius 1 is 1.16 bits per heavy atom. The molecule has 2 aliphatic rings. The minimum Gasteiger partial charge on any atom is -0.338 e. The van der Waals surface area contributed by atoms with Gasteiger partial charge in [-0.05, 0) is 30.1 Å². The largest absolute Gasteiger partial charge is 0.338 e. The molecule has 1 N–H and O–H groups in total. The van der Waals surface area contributed by atoms with Gasteiger partial charge in [-0.2, -0.15) is 9.83 Å². The molecule has 5 nitrogen and oxygen atoms in total. The van der Waals surface area contributed by atoms with E-state index in [0.29, 0.717) is 16.7 Å². The summed E-state index contributed by atoms with van der Waals surface area (Å²) in [6, 6.07) is 18.1. The number of hydrogen-bond acceptors (Lipinski definition) is 6. The highest BCUT2D eigenvalue weighted by Gasteiger charge is 2.37. The van der Waals surface area contributed by atoms with E-state index < -0.39 is 0 Å². The number of hydrogen-bond donors (Lipinski definition) is 1. The standard InChI is InChI=1S/C25H17N4OS2/c1-28-18-7-3-5-9-20(18)31-22(28)11-16-24(15(13-26)14-27)17(25(16)30)12-23-29(2)19-8-4-6-10-21(19)32-23/h3-12,26H,1-2H3/q+1. The van der Waals surface area contributed by atoms with E-state index in [1.54, 1.807) is 23.1 Å². The van der Waals surface area contributed by atoms with Gasteiger partial charge in [0.2, 0.25) is 5.52 Å². The van der Waals surface area contributed by atoms with Crippen molar-refractivity contribution in [2.45, 2.75) is 4.90 Å². The minimum atomic E-state index is -0.127. The zero-order valence-electron chi connectivity index (χ0n) is 17.3. The second-order valence-corrected chi connectivity index (χ2v) is 9.49. The van der Waals surface area contributed by atoms with Gasteiger partial charge in [0, 0.05) is 40.8 Å². The number of thioether (sulfide) groups is 1. The molecule has 1 aromatic heterocycles. The number of anilines is 1. The van der Waals surface area contributed by atoms with Crippen LogP contribution in [0.4, 0.5) is 5.69 Å². The molecule has 0 fully saturated rings. The minimum absolute atomic E-state index is 0.0645. The van der Waals surface area contributed by atoms with E-state index in [-0.39, 0.29) is 11.4 Å². The van der Waals surface area contributed by atoms with E-state index in [2.05, 4.69) is 5.87 Å². The molecule has 0 unspecified atom stereocenters. The number of para-hydroxylation sites is 2. The molecule has 2 aromatic carbocycles. The van der Waals surface area contributed by atoms with Crippen LogP contribution in [0.5, 0.6) is 0 Å². The average molecular weight is 454 g/mol. The fourth-order valence-corrected chi connectivity index (χ4v) is 6.07. The van der Waals surface area contributed by atoms with E-state index in [9.17, 15) is 10.1 Å². The molecule has 0 radical (unpaired) electrons. The number of nitrogens with one attached hydrogen (secondary N) is 1. The van der Waals surface area contributed by atoms with Crippen LogP contribution < -0.4 is 9.47 Å². The second kappa shape index (κ2) is 7.77. The van der Waals surface area contributed by atoms with Crippen LogP contribution >= 0.6 is 23.1 Å². The van der Waals surface area contributed by atoms with Crippen LogP contribution in [-0.2, 0) is 11.8 Å². The smallest absolute Gasteiger partial charge is 0.263 e. The van der Waals surface area contributed by atoms with Gasteiger partial charge < -0.3 is 4.90 Å². The molecular formula is C25H17N4OS2+. The van der Waals surface area contributed by atoms with Gasteiger partial charge >= 0.3 is 0 Å². The number of aromatic nitrogens is 1. The number of benzene rings is 2. The van der Waals surface area contributed by atoms with Crippen LogP contribution in [-0.4, -0.2) is 18.7 Å². The summed E-state index contributed by atoms with van der Waals surface area (Å²) in [7, 11) is 3.92. The Labute approximate surface area is 193 Å². The average Bonchev–Trinajstić information content (AvgIpc) is 3.31. The summed E-state index contributed by atoms with van der Waals surface area (Å²) in [5.41, 5.74) is 3.59. The van der Waals surface area contributed by atoms with Crippen molar-refractivity contribution in [3.63, 3.8) is 0 Å². The molecule has 2 heterocycles. The third-order valence-electron chi connectivity index (χ3n) is 5.59. The highest BCUT2D eigenvalue weighted by atomic mass is 32.2. The topological polar surface area (TPSA) is 71.8 Å². The summed E-state index contributed by atoms with van der Waals surface area (Å²) in [5.74, 6) is 2.09. The molecule has 0 atom stereocenters. The number of carbonyl (C=O) groups is 1. The fourth-order valence-electron chi connectivity index (χ4n) is 3.89. The SMILES string of the molecule is CN1C(=CC2=C(C(=C=N)C#N)C(=Cc3sc4ccccc4[n+]3C)C2=O)Sc2ccccc21. The number of allylic oxidation sites excluding steroid dienone is 5. The van der Waals surface area contributed by atoms with Crippen LogP contribution in [0.1, 0.15) is 5.01 Å². The van der Waals surface area contributed by atoms with Gasteiger partial charge in [-0.25, -0.2) is 0 Å². The van der Waals surface area contributed by atoms with Crippen LogP contribution in [0.2, 0.25) is 0 Å². The summed E-state index contributed by atoms with van der Waals surface area (Å²) in [6.45, 7) is 0. The van der Waals surface area contributed by atoms with Crippen molar-refractivity contribution >= 4 is 56.7 Å². The van der Waals surface area contributed by atoms with E-state index in [1.165, 1.54) is 0 Å². The lowest BCUT2D eigenvalue weighted by molar-refractivity contribution is -0.642. The fraction of sp³-hybridized carbons (Fsp3) is 0.0800. The molecule has 0 bridgehead atoms. The van der Waals surface area contributed by atoms with E-state index in [1.807, 2.05) is 90.3 Å². The molecule has 154 valence electrons. The zero-order valence-corrected chi connectivity index (χ0v) is 19.0. The van der Waals surface area contributed by atoms with Crippen LogP contribution in [0.15, 0.2) is 86.8 Å². The highest BCUT2D eigenvalue weighted by Crippen LogP contribution is 2.47. The quantitative estimate of drug-likeness (QED) is 0.268. The number of ketones is 1. The van der Waals surface area contributed by atoms with Crippen LogP contribution in [0.25, 0.3) is 16.3 Å². The van der Waals surface area contributed by atoms with Gasteiger partial charge in [-0.3, -0.25) is 10.2 Å². The van der Waals surface area contributed by atoms with Crippen molar-refractivity contribution in [3.05, 3.63) is 86.9 Å². The first-order chi connectivity index (χ1) is 15.5. The molecule has 3 aromatic rings. The Morgan fingerprint density at radius 3 is 2.62 bits per heavy atom. The Balaban J connectivity index is 1.63. The molecule has 0 amide bonds. The highest BCUT2D eigenvalue weighted by molar-refractivity contribution is 8.03. The third-order valence-corrected chi connectivity index (χ3v) is 7.93. The summed E-state index contributed by atoms with van der Waals surface area (Å²) >= 11 is 3.17. The molecule has 0 spiro atoms. The number of fused-ring (bicyclic) bond motifs is 2. The number of carbonyl (C=O) groups excluding carboxylic acids is 1. The van der Waals surface area contributed by atoms with Crippen LogP contribution in [0, 0.1) is 16.7 Å². The van der Waals surface area contributed by atoms with Crippen molar-refractivity contribution in [1.82, 2.24) is 0 Å². The monoisotopic (exact) mass is 453 g/mol. The number of aryl methyl sites for hydroxylation is 1. The Kier molecular flexibility index (Phi) is 4.91. The van der Waals surface area contributed by atoms with E-state index in [4.69, 9.17) is 5.41 Å².